The Balaban J connectivity index is 2.00. The maximum Gasteiger partial charge on any atom is 0.310 e. The number of hydrogen-bond donors (Lipinski definition) is 5. The van der Waals surface area contributed by atoms with Crippen LogP contribution in [-0.4, -0.2) is 29.7 Å². The molecule has 3 rings (SSSR count). The van der Waals surface area contributed by atoms with Gasteiger partial charge in [-0.25, -0.2) is 11.7 Å². The number of carbonyl (C=O) groups is 1. The fourth-order valence-corrected chi connectivity index (χ4v) is 5.91. The average Bonchev–Trinajstić information content (AvgIpc) is 3.15. The summed E-state index contributed by atoms with van der Waals surface area (Å²) in [6, 6.07) is 9.97. The molecule has 0 spiro atoms. The topological polar surface area (TPSA) is 148 Å². The Morgan fingerprint density at radius 2 is 1.74 bits per heavy atom. The Bertz CT molecular complexity index is 1180. The average molecular weight is 537 g/mol. The number of nitrogen functional groups attached to an aromatic ring is 1. The van der Waals surface area contributed by atoms with Gasteiger partial charge in [-0.3, -0.25) is 4.79 Å². The molecule has 1 saturated carbocycles. The molecular weight excluding hydrogens is 488 g/mol. The maximum absolute atomic E-state index is 12.6. The Labute approximate surface area is 234 Å². The summed E-state index contributed by atoms with van der Waals surface area (Å²) < 4.78 is 0. The molecule has 0 heterocycles. The van der Waals surface area contributed by atoms with E-state index in [0.29, 0.717) is 23.7 Å². The second-order valence-corrected chi connectivity index (χ2v) is 11.8. The third-order valence-corrected chi connectivity index (χ3v) is 8.57. The van der Waals surface area contributed by atoms with E-state index in [1.807, 2.05) is 30.1 Å². The van der Waals surface area contributed by atoms with E-state index in [-0.39, 0.29) is 0 Å². The highest BCUT2D eigenvalue weighted by atomic mass is 16.4. The van der Waals surface area contributed by atoms with Crippen LogP contribution in [0.2, 0.25) is 0 Å². The van der Waals surface area contributed by atoms with Crippen LogP contribution in [0.4, 0.5) is 11.4 Å². The summed E-state index contributed by atoms with van der Waals surface area (Å²) in [6.45, 7) is 8.30. The number of hydrazine groups is 2. The zero-order valence-corrected chi connectivity index (χ0v) is 24.3. The lowest BCUT2D eigenvalue weighted by molar-refractivity contribution is -0.147. The Hall–Kier alpha value is -3.23. The van der Waals surface area contributed by atoms with Gasteiger partial charge in [-0.15, -0.1) is 0 Å². The number of anilines is 2. The number of hydrogen-bond acceptors (Lipinski definition) is 7. The van der Waals surface area contributed by atoms with Crippen LogP contribution in [0.15, 0.2) is 42.2 Å². The molecule has 0 saturated heterocycles. The lowest BCUT2D eigenvalue weighted by Gasteiger charge is -2.34. The molecule has 1 unspecified atom stereocenters. The van der Waals surface area contributed by atoms with Crippen LogP contribution >= 0.6 is 0 Å². The summed E-state index contributed by atoms with van der Waals surface area (Å²) >= 11 is 0. The summed E-state index contributed by atoms with van der Waals surface area (Å²) in [6.07, 6.45) is 9.70. The van der Waals surface area contributed by atoms with E-state index in [1.54, 1.807) is 27.1 Å². The lowest BCUT2D eigenvalue weighted by Crippen LogP contribution is -2.36. The van der Waals surface area contributed by atoms with Crippen molar-refractivity contribution >= 4 is 17.3 Å². The summed E-state index contributed by atoms with van der Waals surface area (Å²) in [5, 5.41) is 13.6. The van der Waals surface area contributed by atoms with Gasteiger partial charge in [-0.05, 0) is 80.3 Å². The number of rotatable bonds is 10. The Morgan fingerprint density at radius 3 is 2.31 bits per heavy atom. The van der Waals surface area contributed by atoms with Gasteiger partial charge in [0.2, 0.25) is 0 Å². The van der Waals surface area contributed by atoms with Gasteiger partial charge < -0.3 is 26.6 Å². The number of benzene rings is 2. The number of allylic oxidation sites excluding steroid dienone is 1. The first kappa shape index (κ1) is 30.3. The number of aliphatic carboxylic acids is 1. The predicted octanol–water partition coefficient (Wildman–Crippen LogP) is 4.93. The van der Waals surface area contributed by atoms with Crippen LogP contribution in [0, 0.1) is 25.2 Å². The molecule has 2 aromatic carbocycles. The molecule has 9 N–H and O–H groups in total. The lowest BCUT2D eigenvalue weighted by atomic mass is 9.69. The van der Waals surface area contributed by atoms with Gasteiger partial charge >= 0.3 is 5.97 Å². The molecule has 8 heteroatoms. The van der Waals surface area contributed by atoms with Gasteiger partial charge in [0.05, 0.1) is 16.8 Å². The summed E-state index contributed by atoms with van der Waals surface area (Å²) in [5.74, 6) is 11.8. The second kappa shape index (κ2) is 12.7. The van der Waals surface area contributed by atoms with Crippen molar-refractivity contribution in [3.05, 3.63) is 70.0 Å². The summed E-state index contributed by atoms with van der Waals surface area (Å²) in [4.78, 5) is 12.6. The molecule has 0 radical (unpaired) electrons. The monoisotopic (exact) mass is 536 g/mol. The van der Waals surface area contributed by atoms with Crippen LogP contribution in [-0.2, 0) is 11.2 Å². The van der Waals surface area contributed by atoms with E-state index in [9.17, 15) is 9.90 Å². The zero-order chi connectivity index (χ0) is 28.9. The molecule has 0 aliphatic heterocycles. The van der Waals surface area contributed by atoms with Crippen molar-refractivity contribution in [3.8, 4) is 0 Å². The molecule has 1 aliphatic rings. The normalized spacial score (nSPS) is 16.0. The Morgan fingerprint density at radius 1 is 1.10 bits per heavy atom. The molecule has 2 aromatic rings. The maximum atomic E-state index is 12.6. The van der Waals surface area contributed by atoms with Gasteiger partial charge in [0.25, 0.3) is 0 Å². The number of carboxylic acids is 1. The van der Waals surface area contributed by atoms with E-state index in [4.69, 9.17) is 23.2 Å². The van der Waals surface area contributed by atoms with E-state index in [0.717, 1.165) is 40.1 Å². The number of aryl methyl sites for hydroxylation is 1. The molecule has 1 aliphatic carbocycles. The van der Waals surface area contributed by atoms with Crippen molar-refractivity contribution in [3.63, 3.8) is 0 Å². The molecule has 0 bridgehead atoms. The quantitative estimate of drug-likeness (QED) is 0.124. The fraction of sp³-hybridized carbons (Fsp3) is 0.516. The predicted molar refractivity (Wildman–Crippen MR) is 161 cm³/mol. The third kappa shape index (κ3) is 6.86. The third-order valence-electron chi connectivity index (χ3n) is 8.57. The first-order chi connectivity index (χ1) is 18.4. The SMILES string of the molecule is Cc1ccc(C(c2ccc(N(C)N)c(N)c2C)C(C)(C)C(=O)O)cc1C/C(=C/N)N(N)CC1CCCCCC1. The highest BCUT2D eigenvalue weighted by Crippen LogP contribution is 2.45. The molecule has 0 aromatic heterocycles. The van der Waals surface area contributed by atoms with Crippen molar-refractivity contribution in [1.29, 1.82) is 0 Å². The van der Waals surface area contributed by atoms with Crippen LogP contribution in [0.5, 0.6) is 0 Å². The molecule has 1 fully saturated rings. The zero-order valence-electron chi connectivity index (χ0n) is 24.3. The molecule has 214 valence electrons. The number of nitrogens with zero attached hydrogens (tertiary/aromatic N) is 2. The first-order valence-electron chi connectivity index (χ1n) is 14.0. The first-order valence-corrected chi connectivity index (χ1v) is 14.0. The minimum Gasteiger partial charge on any atom is -0.481 e. The van der Waals surface area contributed by atoms with Crippen molar-refractivity contribution in [1.82, 2.24) is 5.01 Å². The molecular formula is C31H48N6O2. The second-order valence-electron chi connectivity index (χ2n) is 11.8. The van der Waals surface area contributed by atoms with Gasteiger partial charge in [0.15, 0.2) is 0 Å². The minimum absolute atomic E-state index is 0.445. The van der Waals surface area contributed by atoms with Crippen molar-refractivity contribution in [2.75, 3.05) is 24.3 Å². The summed E-state index contributed by atoms with van der Waals surface area (Å²) in [5.41, 5.74) is 18.3. The molecule has 0 amide bonds. The van der Waals surface area contributed by atoms with Crippen LogP contribution < -0.4 is 28.2 Å². The smallest absolute Gasteiger partial charge is 0.310 e. The largest absolute Gasteiger partial charge is 0.481 e. The standard InChI is InChI=1S/C31H48N6O2/c1-20-12-13-23(16-24(20)17-25(18-32)37(35)19-22-10-8-6-7-9-11-22)28(31(3,4)30(38)39)26-14-15-27(36(5)34)29(33)21(26)2/h12-16,18,22,28H,6-11,17,19,32-35H2,1-5H3,(H,38,39)/b25-18-. The highest BCUT2D eigenvalue weighted by Gasteiger charge is 2.40. The van der Waals surface area contributed by atoms with Crippen LogP contribution in [0.1, 0.15) is 86.1 Å². The van der Waals surface area contributed by atoms with Gasteiger partial charge in [0.1, 0.15) is 0 Å². The highest BCUT2D eigenvalue weighted by molar-refractivity contribution is 5.78. The van der Waals surface area contributed by atoms with Gasteiger partial charge in [-0.1, -0.05) is 49.9 Å². The van der Waals surface area contributed by atoms with Crippen LogP contribution in [0.25, 0.3) is 0 Å². The summed E-state index contributed by atoms with van der Waals surface area (Å²) in [7, 11) is 1.73. The van der Waals surface area contributed by atoms with Crippen molar-refractivity contribution < 1.29 is 9.90 Å². The minimum atomic E-state index is -1.11. The van der Waals surface area contributed by atoms with E-state index < -0.39 is 17.3 Å². The van der Waals surface area contributed by atoms with Gasteiger partial charge in [-0.2, -0.15) is 0 Å². The van der Waals surface area contributed by atoms with E-state index >= 15 is 0 Å². The van der Waals surface area contributed by atoms with E-state index in [1.165, 1.54) is 43.5 Å². The van der Waals surface area contributed by atoms with Crippen molar-refractivity contribution in [2.24, 2.45) is 28.8 Å². The van der Waals surface area contributed by atoms with Gasteiger partial charge in [0, 0.05) is 37.8 Å². The van der Waals surface area contributed by atoms with Crippen LogP contribution in [0.3, 0.4) is 0 Å². The molecule has 39 heavy (non-hydrogen) atoms. The van der Waals surface area contributed by atoms with E-state index in [2.05, 4.69) is 19.1 Å². The fourth-order valence-electron chi connectivity index (χ4n) is 5.91. The number of carboxylic acid groups (broad SMARTS) is 1. The number of nitrogens with two attached hydrogens (primary N) is 4. The molecule has 1 atom stereocenters. The Kier molecular flexibility index (Phi) is 9.91. The van der Waals surface area contributed by atoms with Crippen molar-refractivity contribution in [2.45, 2.75) is 78.6 Å². The molecule has 8 nitrogen and oxygen atoms in total.